The van der Waals surface area contributed by atoms with Gasteiger partial charge in [-0.2, -0.15) is 0 Å². The molecule has 90 valence electrons. The van der Waals surface area contributed by atoms with E-state index in [1.807, 2.05) is 0 Å². The van der Waals surface area contributed by atoms with Gasteiger partial charge in [0.1, 0.15) is 0 Å². The summed E-state index contributed by atoms with van der Waals surface area (Å²) in [6, 6.07) is 0.729. The van der Waals surface area contributed by atoms with Crippen molar-refractivity contribution in [3.63, 3.8) is 0 Å². The molecule has 1 unspecified atom stereocenters. The lowest BCUT2D eigenvalue weighted by Crippen LogP contribution is -2.27. The van der Waals surface area contributed by atoms with Crippen molar-refractivity contribution in [1.82, 2.24) is 5.32 Å². The molecule has 1 fully saturated rings. The van der Waals surface area contributed by atoms with E-state index in [0.29, 0.717) is 0 Å². The van der Waals surface area contributed by atoms with Crippen molar-refractivity contribution in [1.29, 1.82) is 0 Å². The Morgan fingerprint density at radius 3 is 2.53 bits per heavy atom. The van der Waals surface area contributed by atoms with Crippen LogP contribution in [0.15, 0.2) is 0 Å². The zero-order valence-corrected chi connectivity index (χ0v) is 10.1. The van der Waals surface area contributed by atoms with Crippen molar-refractivity contribution in [3.8, 4) is 0 Å². The molecule has 0 saturated heterocycles. The molecule has 0 radical (unpaired) electrons. The number of hydrogen-bond acceptors (Lipinski definition) is 3. The molecular formula is C12H25NO2. The maximum atomic E-state index is 5.52. The van der Waals surface area contributed by atoms with Crippen LogP contribution in [0.25, 0.3) is 0 Å². The number of nitrogens with one attached hydrogen (secondary N) is 1. The van der Waals surface area contributed by atoms with Gasteiger partial charge in [-0.15, -0.1) is 0 Å². The van der Waals surface area contributed by atoms with Crippen LogP contribution in [0.5, 0.6) is 0 Å². The molecule has 0 heterocycles. The molecule has 0 spiro atoms. The van der Waals surface area contributed by atoms with E-state index in [4.69, 9.17) is 9.47 Å². The van der Waals surface area contributed by atoms with Crippen LogP contribution >= 0.6 is 0 Å². The molecule has 0 amide bonds. The second-order valence-electron chi connectivity index (χ2n) is 4.33. The Bertz CT molecular complexity index is 149. The Kier molecular flexibility index (Phi) is 6.98. The van der Waals surface area contributed by atoms with Crippen molar-refractivity contribution in [2.75, 3.05) is 34.0 Å². The average Bonchev–Trinajstić information content (AvgIpc) is 3.06. The van der Waals surface area contributed by atoms with E-state index < -0.39 is 0 Å². The smallest absolute Gasteiger partial charge is 0.0487 e. The van der Waals surface area contributed by atoms with Gasteiger partial charge in [0.05, 0.1) is 0 Å². The largest absolute Gasteiger partial charge is 0.385 e. The minimum atomic E-state index is 0.729. The topological polar surface area (TPSA) is 30.5 Å². The Morgan fingerprint density at radius 2 is 1.93 bits per heavy atom. The van der Waals surface area contributed by atoms with Crippen molar-refractivity contribution >= 4 is 0 Å². The predicted octanol–water partition coefficient (Wildman–Crippen LogP) is 1.82. The van der Waals surface area contributed by atoms with Gasteiger partial charge < -0.3 is 14.8 Å². The molecule has 1 aliphatic carbocycles. The first kappa shape index (κ1) is 12.9. The Balaban J connectivity index is 1.83. The van der Waals surface area contributed by atoms with Crippen LogP contribution in [0.1, 0.15) is 32.1 Å². The average molecular weight is 215 g/mol. The van der Waals surface area contributed by atoms with Gasteiger partial charge in [-0.05, 0) is 45.1 Å². The number of methoxy groups -OCH3 is 1. The zero-order chi connectivity index (χ0) is 10.9. The summed E-state index contributed by atoms with van der Waals surface area (Å²) < 4.78 is 10.5. The lowest BCUT2D eigenvalue weighted by Gasteiger charge is -2.14. The maximum absolute atomic E-state index is 5.52. The van der Waals surface area contributed by atoms with Crippen molar-refractivity contribution in [2.45, 2.75) is 38.1 Å². The van der Waals surface area contributed by atoms with Crippen LogP contribution < -0.4 is 5.32 Å². The molecular weight excluding hydrogens is 190 g/mol. The lowest BCUT2D eigenvalue weighted by atomic mass is 10.1. The molecule has 0 aromatic heterocycles. The third-order valence-electron chi connectivity index (χ3n) is 3.00. The molecule has 1 atom stereocenters. The minimum Gasteiger partial charge on any atom is -0.385 e. The van der Waals surface area contributed by atoms with Gasteiger partial charge in [-0.1, -0.05) is 0 Å². The predicted molar refractivity (Wildman–Crippen MR) is 62.1 cm³/mol. The number of rotatable bonds is 10. The van der Waals surface area contributed by atoms with Crippen molar-refractivity contribution in [3.05, 3.63) is 0 Å². The zero-order valence-electron chi connectivity index (χ0n) is 10.1. The lowest BCUT2D eigenvalue weighted by molar-refractivity contribution is 0.0988. The number of hydrogen-bond donors (Lipinski definition) is 1. The summed E-state index contributed by atoms with van der Waals surface area (Å²) >= 11 is 0. The first-order valence-corrected chi connectivity index (χ1v) is 6.12. The summed E-state index contributed by atoms with van der Waals surface area (Å²) in [4.78, 5) is 0. The molecule has 3 heteroatoms. The Labute approximate surface area is 93.5 Å². The molecule has 1 aliphatic rings. The summed E-state index contributed by atoms with van der Waals surface area (Å²) in [5, 5.41) is 3.40. The van der Waals surface area contributed by atoms with E-state index in [0.717, 1.165) is 38.2 Å². The molecule has 3 nitrogen and oxygen atoms in total. The molecule has 0 aromatic rings. The summed E-state index contributed by atoms with van der Waals surface area (Å²) in [6.07, 6.45) is 6.27. The van der Waals surface area contributed by atoms with E-state index >= 15 is 0 Å². The van der Waals surface area contributed by atoms with Crippen LogP contribution in [0, 0.1) is 5.92 Å². The highest BCUT2D eigenvalue weighted by molar-refractivity contribution is 4.85. The van der Waals surface area contributed by atoms with Gasteiger partial charge >= 0.3 is 0 Å². The second kappa shape index (κ2) is 8.08. The molecule has 0 bridgehead atoms. The van der Waals surface area contributed by atoms with E-state index in [1.165, 1.54) is 25.7 Å². The molecule has 0 aromatic carbocycles. The van der Waals surface area contributed by atoms with Crippen molar-refractivity contribution in [2.24, 2.45) is 5.92 Å². The van der Waals surface area contributed by atoms with E-state index in [9.17, 15) is 0 Å². The highest BCUT2D eigenvalue weighted by Crippen LogP contribution is 2.34. The highest BCUT2D eigenvalue weighted by Gasteiger charge is 2.29. The summed E-state index contributed by atoms with van der Waals surface area (Å²) in [5.41, 5.74) is 0. The fourth-order valence-corrected chi connectivity index (χ4v) is 1.93. The molecule has 1 N–H and O–H groups in total. The van der Waals surface area contributed by atoms with Crippen LogP contribution in [-0.4, -0.2) is 40.0 Å². The van der Waals surface area contributed by atoms with E-state index in [-0.39, 0.29) is 0 Å². The Hall–Kier alpha value is -0.120. The molecule has 1 saturated carbocycles. The first-order valence-electron chi connectivity index (χ1n) is 6.12. The fraction of sp³-hybridized carbons (Fsp3) is 1.00. The monoisotopic (exact) mass is 215 g/mol. The standard InChI is InChI=1S/C12H25NO2/c1-13-12(11-6-7-11)5-3-9-15-10-4-8-14-2/h11-13H,3-10H2,1-2H3. The molecule has 15 heavy (non-hydrogen) atoms. The van der Waals surface area contributed by atoms with Gasteiger partial charge in [-0.25, -0.2) is 0 Å². The first-order chi connectivity index (χ1) is 7.38. The Morgan fingerprint density at radius 1 is 1.20 bits per heavy atom. The third-order valence-corrected chi connectivity index (χ3v) is 3.00. The van der Waals surface area contributed by atoms with E-state index in [1.54, 1.807) is 7.11 Å². The molecule has 1 rings (SSSR count). The second-order valence-corrected chi connectivity index (χ2v) is 4.33. The van der Waals surface area contributed by atoms with Crippen LogP contribution in [-0.2, 0) is 9.47 Å². The van der Waals surface area contributed by atoms with Gasteiger partial charge in [0.15, 0.2) is 0 Å². The quantitative estimate of drug-likeness (QED) is 0.564. The van der Waals surface area contributed by atoms with Crippen LogP contribution in [0.2, 0.25) is 0 Å². The summed E-state index contributed by atoms with van der Waals surface area (Å²) in [7, 11) is 3.80. The maximum Gasteiger partial charge on any atom is 0.0487 e. The normalized spacial score (nSPS) is 18.0. The summed E-state index contributed by atoms with van der Waals surface area (Å²) in [6.45, 7) is 2.54. The third kappa shape index (κ3) is 6.13. The SMILES string of the molecule is CNC(CCCOCCCOC)C1CC1. The molecule has 0 aliphatic heterocycles. The summed E-state index contributed by atoms with van der Waals surface area (Å²) in [5.74, 6) is 0.948. The van der Waals surface area contributed by atoms with Gasteiger partial charge in [0.25, 0.3) is 0 Å². The van der Waals surface area contributed by atoms with Crippen LogP contribution in [0.3, 0.4) is 0 Å². The van der Waals surface area contributed by atoms with Gasteiger partial charge in [0.2, 0.25) is 0 Å². The number of ether oxygens (including phenoxy) is 2. The van der Waals surface area contributed by atoms with Gasteiger partial charge in [-0.3, -0.25) is 0 Å². The minimum absolute atomic E-state index is 0.729. The highest BCUT2D eigenvalue weighted by atomic mass is 16.5. The fourth-order valence-electron chi connectivity index (χ4n) is 1.93. The van der Waals surface area contributed by atoms with Gasteiger partial charge in [0, 0.05) is 33.0 Å². The van der Waals surface area contributed by atoms with E-state index in [2.05, 4.69) is 12.4 Å². The van der Waals surface area contributed by atoms with Crippen molar-refractivity contribution < 1.29 is 9.47 Å². The van der Waals surface area contributed by atoms with Crippen LogP contribution in [0.4, 0.5) is 0 Å².